The third-order valence-electron chi connectivity index (χ3n) is 3.82. The van der Waals surface area contributed by atoms with Crippen LogP contribution in [0.15, 0.2) is 70.0 Å². The molecular formula is C17H10N2O5S. The highest BCUT2D eigenvalue weighted by atomic mass is 32.2. The molecule has 0 atom stereocenters. The molecule has 7 nitrogen and oxygen atoms in total. The normalized spacial score (nSPS) is 14.8. The van der Waals surface area contributed by atoms with E-state index in [1.807, 2.05) is 30.3 Å². The maximum atomic E-state index is 12.2. The minimum absolute atomic E-state index is 0.0971. The molecule has 0 fully saturated rings. The standard InChI is InChI=1S/C17H10N2O5S/c20-19(21)13-6-8-15-16(10-13)25(22,23)18-17(15)24-14-7-5-11-3-1-2-4-12(11)9-14/h1-10H. The molecular weight excluding hydrogens is 344 g/mol. The molecule has 0 aliphatic carbocycles. The smallest absolute Gasteiger partial charge is 0.286 e. The Kier molecular flexibility index (Phi) is 3.29. The number of nitrogens with zero attached hydrogens (tertiary/aromatic N) is 2. The maximum absolute atomic E-state index is 12.2. The van der Waals surface area contributed by atoms with Gasteiger partial charge in [0.2, 0.25) is 5.90 Å². The number of hydrogen-bond acceptors (Lipinski definition) is 5. The van der Waals surface area contributed by atoms with Gasteiger partial charge in [0, 0.05) is 12.1 Å². The van der Waals surface area contributed by atoms with Gasteiger partial charge in [0.1, 0.15) is 10.6 Å². The lowest BCUT2D eigenvalue weighted by Crippen LogP contribution is -2.08. The molecule has 4 rings (SSSR count). The number of nitro benzene ring substituents is 1. The number of hydrogen-bond donors (Lipinski definition) is 0. The van der Waals surface area contributed by atoms with E-state index in [1.54, 1.807) is 12.1 Å². The van der Waals surface area contributed by atoms with E-state index in [1.165, 1.54) is 12.1 Å². The highest BCUT2D eigenvalue weighted by Crippen LogP contribution is 2.31. The topological polar surface area (TPSA) is 98.9 Å². The molecule has 1 aliphatic rings. The summed E-state index contributed by atoms with van der Waals surface area (Å²) >= 11 is 0. The van der Waals surface area contributed by atoms with Crippen molar-refractivity contribution in [1.82, 2.24) is 0 Å². The highest BCUT2D eigenvalue weighted by molar-refractivity contribution is 7.90. The van der Waals surface area contributed by atoms with Crippen LogP contribution in [-0.4, -0.2) is 19.2 Å². The third-order valence-corrected chi connectivity index (χ3v) is 5.12. The summed E-state index contributed by atoms with van der Waals surface area (Å²) < 4.78 is 33.6. The van der Waals surface area contributed by atoms with E-state index in [9.17, 15) is 18.5 Å². The summed E-state index contributed by atoms with van der Waals surface area (Å²) in [5.41, 5.74) is -0.108. The molecule has 0 saturated carbocycles. The number of ether oxygens (including phenoxy) is 1. The van der Waals surface area contributed by atoms with Crippen molar-refractivity contribution < 1.29 is 18.1 Å². The van der Waals surface area contributed by atoms with Crippen LogP contribution in [-0.2, 0) is 10.0 Å². The maximum Gasteiger partial charge on any atom is 0.286 e. The summed E-state index contributed by atoms with van der Waals surface area (Å²) in [5, 5.41) is 12.8. The Morgan fingerprint density at radius 3 is 2.48 bits per heavy atom. The second-order valence-electron chi connectivity index (χ2n) is 5.42. The van der Waals surface area contributed by atoms with Gasteiger partial charge in [0.25, 0.3) is 15.7 Å². The van der Waals surface area contributed by atoms with Crippen LogP contribution < -0.4 is 4.74 Å². The molecule has 8 heteroatoms. The lowest BCUT2D eigenvalue weighted by molar-refractivity contribution is -0.385. The zero-order valence-corrected chi connectivity index (χ0v) is 13.4. The van der Waals surface area contributed by atoms with E-state index in [2.05, 4.69) is 4.40 Å². The van der Waals surface area contributed by atoms with Crippen LogP contribution in [0.1, 0.15) is 5.56 Å². The molecule has 0 bridgehead atoms. The van der Waals surface area contributed by atoms with Crippen molar-refractivity contribution in [2.24, 2.45) is 4.40 Å². The van der Waals surface area contributed by atoms with Crippen molar-refractivity contribution >= 4 is 32.4 Å². The minimum Gasteiger partial charge on any atom is -0.438 e. The van der Waals surface area contributed by atoms with Gasteiger partial charge in [0.15, 0.2) is 0 Å². The molecule has 1 heterocycles. The number of sulfonamides is 1. The molecule has 0 unspecified atom stereocenters. The van der Waals surface area contributed by atoms with E-state index in [-0.39, 0.29) is 22.0 Å². The number of fused-ring (bicyclic) bond motifs is 2. The van der Waals surface area contributed by atoms with Crippen LogP contribution in [0.25, 0.3) is 10.8 Å². The van der Waals surface area contributed by atoms with E-state index in [0.717, 1.165) is 16.8 Å². The second-order valence-corrected chi connectivity index (χ2v) is 6.99. The number of non-ortho nitro benzene ring substituents is 1. The van der Waals surface area contributed by atoms with Gasteiger partial charge in [-0.15, -0.1) is 4.40 Å². The summed E-state index contributed by atoms with van der Waals surface area (Å²) in [6.07, 6.45) is 0. The fourth-order valence-electron chi connectivity index (χ4n) is 2.64. The van der Waals surface area contributed by atoms with Crippen molar-refractivity contribution in [3.63, 3.8) is 0 Å². The van der Waals surface area contributed by atoms with Crippen molar-refractivity contribution in [2.75, 3.05) is 0 Å². The van der Waals surface area contributed by atoms with E-state index in [4.69, 9.17) is 4.74 Å². The van der Waals surface area contributed by atoms with Gasteiger partial charge in [-0.05, 0) is 29.0 Å². The van der Waals surface area contributed by atoms with Gasteiger partial charge in [-0.1, -0.05) is 30.3 Å². The monoisotopic (exact) mass is 354 g/mol. The Labute approximate surface area is 142 Å². The average molecular weight is 354 g/mol. The zero-order chi connectivity index (χ0) is 17.6. The Morgan fingerprint density at radius 1 is 0.960 bits per heavy atom. The largest absolute Gasteiger partial charge is 0.438 e. The quantitative estimate of drug-likeness (QED) is 0.519. The van der Waals surface area contributed by atoms with Crippen molar-refractivity contribution in [2.45, 2.75) is 4.90 Å². The highest BCUT2D eigenvalue weighted by Gasteiger charge is 2.32. The van der Waals surface area contributed by atoms with Gasteiger partial charge < -0.3 is 4.74 Å². The number of rotatable bonds is 2. The van der Waals surface area contributed by atoms with E-state index in [0.29, 0.717) is 5.75 Å². The average Bonchev–Trinajstić information content (AvgIpc) is 2.85. The zero-order valence-electron chi connectivity index (χ0n) is 12.6. The predicted molar refractivity (Wildman–Crippen MR) is 91.4 cm³/mol. The summed E-state index contributed by atoms with van der Waals surface area (Å²) in [4.78, 5) is 9.97. The lowest BCUT2D eigenvalue weighted by Gasteiger charge is -2.06. The van der Waals surface area contributed by atoms with Crippen LogP contribution in [0.2, 0.25) is 0 Å². The second kappa shape index (κ2) is 5.38. The van der Waals surface area contributed by atoms with Gasteiger partial charge in [0.05, 0.1) is 10.5 Å². The first-order valence-corrected chi connectivity index (χ1v) is 8.68. The van der Waals surface area contributed by atoms with Crippen LogP contribution in [0, 0.1) is 10.1 Å². The fourth-order valence-corrected chi connectivity index (χ4v) is 3.79. The first kappa shape index (κ1) is 15.3. The van der Waals surface area contributed by atoms with Gasteiger partial charge in [-0.25, -0.2) is 0 Å². The van der Waals surface area contributed by atoms with Gasteiger partial charge >= 0.3 is 0 Å². The van der Waals surface area contributed by atoms with E-state index >= 15 is 0 Å². The first-order chi connectivity index (χ1) is 11.9. The first-order valence-electron chi connectivity index (χ1n) is 7.24. The lowest BCUT2D eigenvalue weighted by atomic mass is 10.1. The SMILES string of the molecule is O=[N+]([O-])c1ccc2c(c1)S(=O)(=O)N=C2Oc1ccc2ccccc2c1. The fraction of sp³-hybridized carbons (Fsp3) is 0. The molecule has 0 N–H and O–H groups in total. The Morgan fingerprint density at radius 2 is 1.72 bits per heavy atom. The Balaban J connectivity index is 1.75. The van der Waals surface area contributed by atoms with Crippen LogP contribution >= 0.6 is 0 Å². The molecule has 0 spiro atoms. The number of benzene rings is 3. The number of nitro groups is 1. The molecule has 0 radical (unpaired) electrons. The minimum atomic E-state index is -4.01. The van der Waals surface area contributed by atoms with Gasteiger partial charge in [-0.3, -0.25) is 10.1 Å². The van der Waals surface area contributed by atoms with Crippen LogP contribution in [0.5, 0.6) is 5.75 Å². The molecule has 25 heavy (non-hydrogen) atoms. The molecule has 124 valence electrons. The summed E-state index contributed by atoms with van der Waals surface area (Å²) in [6.45, 7) is 0. The van der Waals surface area contributed by atoms with Crippen molar-refractivity contribution in [1.29, 1.82) is 0 Å². The molecule has 0 aromatic heterocycles. The predicted octanol–water partition coefficient (Wildman–Crippen LogP) is 3.28. The van der Waals surface area contributed by atoms with Gasteiger partial charge in [-0.2, -0.15) is 8.42 Å². The van der Waals surface area contributed by atoms with Crippen LogP contribution in [0.3, 0.4) is 0 Å². The van der Waals surface area contributed by atoms with Crippen LogP contribution in [0.4, 0.5) is 5.69 Å². The van der Waals surface area contributed by atoms with Crippen molar-refractivity contribution in [3.05, 3.63) is 76.3 Å². The molecule has 3 aromatic carbocycles. The summed E-state index contributed by atoms with van der Waals surface area (Å²) in [6, 6.07) is 16.5. The Bertz CT molecular complexity index is 1170. The summed E-state index contributed by atoms with van der Waals surface area (Å²) in [7, 11) is -4.01. The molecule has 0 amide bonds. The van der Waals surface area contributed by atoms with Crippen molar-refractivity contribution in [3.8, 4) is 5.75 Å². The Hall–Kier alpha value is -3.26. The molecule has 3 aromatic rings. The third kappa shape index (κ3) is 2.62. The molecule has 0 saturated heterocycles. The van der Waals surface area contributed by atoms with E-state index < -0.39 is 14.9 Å². The summed E-state index contributed by atoms with van der Waals surface area (Å²) in [5.74, 6) is 0.332. The molecule has 1 aliphatic heterocycles.